The van der Waals surface area contributed by atoms with E-state index in [-0.39, 0.29) is 5.69 Å². The van der Waals surface area contributed by atoms with Gasteiger partial charge < -0.3 is 5.73 Å². The van der Waals surface area contributed by atoms with Gasteiger partial charge in [-0.05, 0) is 13.0 Å². The molecule has 1 rings (SSSR count). The Hall–Kier alpha value is -1.59. The summed E-state index contributed by atoms with van der Waals surface area (Å²) >= 11 is 0. The zero-order valence-electron chi connectivity index (χ0n) is 7.22. The lowest BCUT2D eigenvalue weighted by Gasteiger charge is -2.05. The van der Waals surface area contributed by atoms with Gasteiger partial charge in [0.2, 0.25) is 0 Å². The first kappa shape index (κ1) is 10.5. The summed E-state index contributed by atoms with van der Waals surface area (Å²) in [7, 11) is 0. The van der Waals surface area contributed by atoms with Crippen LogP contribution in [0, 0.1) is 12.7 Å². The third-order valence-electron chi connectivity index (χ3n) is 1.58. The van der Waals surface area contributed by atoms with Crippen LogP contribution in [0.5, 0.6) is 0 Å². The van der Waals surface area contributed by atoms with Crippen molar-refractivity contribution in [1.29, 1.82) is 0 Å². The molecular weight excluding hydrogens is 197 g/mol. The van der Waals surface area contributed by atoms with Crippen molar-refractivity contribution >= 4 is 5.91 Å². The predicted molar refractivity (Wildman–Crippen MR) is 42.4 cm³/mol. The minimum atomic E-state index is -3.06. The maximum atomic E-state index is 13.1. The Kier molecular flexibility index (Phi) is 2.73. The van der Waals surface area contributed by atoms with Gasteiger partial charge in [0, 0.05) is 5.69 Å². The smallest absolute Gasteiger partial charge is 0.283 e. The quantitative estimate of drug-likeness (QED) is 0.794. The second-order valence-corrected chi connectivity index (χ2v) is 2.68. The third kappa shape index (κ3) is 1.84. The first-order chi connectivity index (χ1) is 6.43. The van der Waals surface area contributed by atoms with Crippen molar-refractivity contribution in [2.24, 2.45) is 5.73 Å². The van der Waals surface area contributed by atoms with Gasteiger partial charge >= 0.3 is 0 Å². The second kappa shape index (κ2) is 3.65. The highest BCUT2D eigenvalue weighted by molar-refractivity contribution is 5.93. The third-order valence-corrected chi connectivity index (χ3v) is 1.58. The fraction of sp³-hybridized carbons (Fsp3) is 0.250. The Labute approximate surface area is 77.7 Å². The fourth-order valence-electron chi connectivity index (χ4n) is 1.01. The summed E-state index contributed by atoms with van der Waals surface area (Å²) in [6, 6.07) is 1.03. The fourth-order valence-corrected chi connectivity index (χ4v) is 1.01. The van der Waals surface area contributed by atoms with Crippen molar-refractivity contribution < 1.29 is 18.0 Å². The van der Waals surface area contributed by atoms with Gasteiger partial charge in [-0.15, -0.1) is 0 Å². The molecule has 0 atom stereocenters. The predicted octanol–water partition coefficient (Wildman–Crippen LogP) is 1.57. The van der Waals surface area contributed by atoms with Crippen molar-refractivity contribution in [2.75, 3.05) is 0 Å². The highest BCUT2D eigenvalue weighted by Crippen LogP contribution is 2.22. The number of hydrogen-bond acceptors (Lipinski definition) is 2. The van der Waals surface area contributed by atoms with E-state index in [1.165, 1.54) is 6.92 Å². The Morgan fingerprint density at radius 1 is 1.57 bits per heavy atom. The highest BCUT2D eigenvalue weighted by atomic mass is 19.3. The van der Waals surface area contributed by atoms with E-state index in [1.807, 2.05) is 0 Å². The van der Waals surface area contributed by atoms with Crippen molar-refractivity contribution in [3.63, 3.8) is 0 Å². The molecule has 2 N–H and O–H groups in total. The monoisotopic (exact) mass is 204 g/mol. The topological polar surface area (TPSA) is 56.0 Å². The molecule has 1 aromatic heterocycles. The molecule has 0 unspecified atom stereocenters. The molecule has 0 fully saturated rings. The summed E-state index contributed by atoms with van der Waals surface area (Å²) in [6.45, 7) is 1.37. The van der Waals surface area contributed by atoms with Gasteiger partial charge in [0.15, 0.2) is 5.82 Å². The number of halogens is 3. The molecule has 0 aliphatic rings. The number of amides is 1. The zero-order chi connectivity index (χ0) is 10.9. The molecule has 0 aliphatic carbocycles. The minimum Gasteiger partial charge on any atom is -0.366 e. The van der Waals surface area contributed by atoms with E-state index in [1.54, 1.807) is 0 Å². The van der Waals surface area contributed by atoms with Gasteiger partial charge in [0.1, 0.15) is 5.69 Å². The molecule has 76 valence electrons. The molecule has 0 aromatic carbocycles. The standard InChI is InChI=1S/C8H7F3N2O/c1-3-2-4(8(12)14)5(9)6(13-3)7(10)11/h2,7H,1H3,(H2,12,14). The molecule has 6 heteroatoms. The summed E-state index contributed by atoms with van der Waals surface area (Å²) in [5, 5.41) is 0. The van der Waals surface area contributed by atoms with Crippen LogP contribution in [0.4, 0.5) is 13.2 Å². The lowest BCUT2D eigenvalue weighted by atomic mass is 10.1. The number of primary amides is 1. The second-order valence-electron chi connectivity index (χ2n) is 2.68. The first-order valence-electron chi connectivity index (χ1n) is 3.68. The van der Waals surface area contributed by atoms with Crippen LogP contribution in [0.1, 0.15) is 28.2 Å². The molecule has 0 saturated heterocycles. The van der Waals surface area contributed by atoms with Gasteiger partial charge in [-0.25, -0.2) is 18.2 Å². The summed E-state index contributed by atoms with van der Waals surface area (Å²) in [5.41, 5.74) is 3.32. The first-order valence-corrected chi connectivity index (χ1v) is 3.68. The number of aromatic nitrogens is 1. The molecule has 1 heterocycles. The number of pyridine rings is 1. The largest absolute Gasteiger partial charge is 0.366 e. The van der Waals surface area contributed by atoms with Gasteiger partial charge in [-0.2, -0.15) is 0 Å². The van der Waals surface area contributed by atoms with Crippen LogP contribution >= 0.6 is 0 Å². The van der Waals surface area contributed by atoms with Gasteiger partial charge in [0.25, 0.3) is 12.3 Å². The molecule has 0 radical (unpaired) electrons. The number of alkyl halides is 2. The summed E-state index contributed by atoms with van der Waals surface area (Å²) in [4.78, 5) is 13.9. The Bertz CT molecular complexity index is 379. The number of nitrogens with two attached hydrogens (primary N) is 1. The molecule has 1 aromatic rings. The van der Waals surface area contributed by atoms with E-state index >= 15 is 0 Å². The van der Waals surface area contributed by atoms with Crippen molar-refractivity contribution in [3.05, 3.63) is 28.8 Å². The van der Waals surface area contributed by atoms with E-state index in [9.17, 15) is 18.0 Å². The average Bonchev–Trinajstić information content (AvgIpc) is 2.07. The highest BCUT2D eigenvalue weighted by Gasteiger charge is 2.21. The van der Waals surface area contributed by atoms with Gasteiger partial charge in [-0.3, -0.25) is 4.79 Å². The van der Waals surface area contributed by atoms with E-state index in [4.69, 9.17) is 5.73 Å². The number of nitrogens with zero attached hydrogens (tertiary/aromatic N) is 1. The van der Waals surface area contributed by atoms with Crippen molar-refractivity contribution in [2.45, 2.75) is 13.3 Å². The van der Waals surface area contributed by atoms with Gasteiger partial charge in [-0.1, -0.05) is 0 Å². The Morgan fingerprint density at radius 2 is 2.14 bits per heavy atom. The molecule has 14 heavy (non-hydrogen) atoms. The van der Waals surface area contributed by atoms with E-state index in [2.05, 4.69) is 4.98 Å². The molecule has 3 nitrogen and oxygen atoms in total. The molecule has 0 aliphatic heterocycles. The lowest BCUT2D eigenvalue weighted by Crippen LogP contribution is -2.16. The maximum Gasteiger partial charge on any atom is 0.283 e. The van der Waals surface area contributed by atoms with Gasteiger partial charge in [0.05, 0.1) is 5.56 Å². The number of carbonyl (C=O) groups is 1. The van der Waals surface area contributed by atoms with E-state index < -0.39 is 29.4 Å². The zero-order valence-corrected chi connectivity index (χ0v) is 7.22. The lowest BCUT2D eigenvalue weighted by molar-refractivity contribution is 0.0993. The summed E-state index contributed by atoms with van der Waals surface area (Å²) in [5.74, 6) is -2.44. The Morgan fingerprint density at radius 3 is 2.57 bits per heavy atom. The maximum absolute atomic E-state index is 13.1. The number of hydrogen-bond donors (Lipinski definition) is 1. The average molecular weight is 204 g/mol. The normalized spacial score (nSPS) is 10.6. The summed E-state index contributed by atoms with van der Waals surface area (Å²) < 4.78 is 37.5. The van der Waals surface area contributed by atoms with Crippen LogP contribution in [-0.4, -0.2) is 10.9 Å². The molecule has 0 saturated carbocycles. The van der Waals surface area contributed by atoms with Crippen LogP contribution in [0.15, 0.2) is 6.07 Å². The molecular formula is C8H7F3N2O. The van der Waals surface area contributed by atoms with Crippen LogP contribution in [-0.2, 0) is 0 Å². The number of rotatable bonds is 2. The van der Waals surface area contributed by atoms with Crippen LogP contribution in [0.3, 0.4) is 0 Å². The van der Waals surface area contributed by atoms with E-state index in [0.717, 1.165) is 6.07 Å². The van der Waals surface area contributed by atoms with E-state index in [0.29, 0.717) is 0 Å². The van der Waals surface area contributed by atoms with Crippen molar-refractivity contribution in [3.8, 4) is 0 Å². The molecule has 1 amide bonds. The SMILES string of the molecule is Cc1cc(C(N)=O)c(F)c(C(F)F)n1. The van der Waals surface area contributed by atoms with Crippen LogP contribution in [0.25, 0.3) is 0 Å². The molecule has 0 bridgehead atoms. The van der Waals surface area contributed by atoms with Crippen molar-refractivity contribution in [1.82, 2.24) is 4.98 Å². The van der Waals surface area contributed by atoms with Crippen LogP contribution < -0.4 is 5.73 Å². The molecule has 0 spiro atoms. The minimum absolute atomic E-state index is 0.121. The number of aryl methyl sites for hydroxylation is 1. The number of carbonyl (C=O) groups excluding carboxylic acids is 1. The Balaban J connectivity index is 3.40. The summed E-state index contributed by atoms with van der Waals surface area (Å²) in [6.07, 6.45) is -3.06. The van der Waals surface area contributed by atoms with Crippen LogP contribution in [0.2, 0.25) is 0 Å².